The lowest BCUT2D eigenvalue weighted by Crippen LogP contribution is -2.27. The highest BCUT2D eigenvalue weighted by atomic mass is 19.3. The first-order chi connectivity index (χ1) is 13.3. The molecule has 148 valence electrons. The molecule has 2 N–H and O–H groups in total. The van der Waals surface area contributed by atoms with Crippen molar-refractivity contribution in [3.63, 3.8) is 0 Å². The molecule has 28 heavy (non-hydrogen) atoms. The zero-order chi connectivity index (χ0) is 20.1. The predicted octanol–water partition coefficient (Wildman–Crippen LogP) is 1.90. The van der Waals surface area contributed by atoms with Gasteiger partial charge >= 0.3 is 12.3 Å². The van der Waals surface area contributed by atoms with E-state index in [9.17, 15) is 23.2 Å². The molecular formula is C17H14F2N2O7. The van der Waals surface area contributed by atoms with Crippen molar-refractivity contribution in [1.29, 1.82) is 0 Å². The molecule has 0 saturated carbocycles. The van der Waals surface area contributed by atoms with Crippen LogP contribution in [0.4, 0.5) is 14.5 Å². The quantitative estimate of drug-likeness (QED) is 0.687. The number of hydrogen-bond acceptors (Lipinski definition) is 7. The van der Waals surface area contributed by atoms with Crippen molar-refractivity contribution in [3.05, 3.63) is 42.4 Å². The van der Waals surface area contributed by atoms with Crippen LogP contribution in [0, 0.1) is 0 Å². The maximum absolute atomic E-state index is 13.0. The lowest BCUT2D eigenvalue weighted by molar-refractivity contribution is -0.286. The molecule has 9 nitrogen and oxygen atoms in total. The molecule has 0 atom stereocenters. The molecule has 2 aromatic rings. The van der Waals surface area contributed by atoms with Gasteiger partial charge in [0, 0.05) is 18.3 Å². The Balaban J connectivity index is 1.37. The van der Waals surface area contributed by atoms with Crippen molar-refractivity contribution in [2.75, 3.05) is 18.5 Å². The second-order valence-corrected chi connectivity index (χ2v) is 5.52. The first-order valence-electron chi connectivity index (χ1n) is 7.99. The summed E-state index contributed by atoms with van der Waals surface area (Å²) in [6.07, 6.45) is -2.57. The third kappa shape index (κ3) is 4.96. The normalized spacial score (nSPS) is 13.6. The number of rotatable bonds is 7. The third-order valence-electron chi connectivity index (χ3n) is 3.41. The number of carbonyl (C=O) groups is 3. The van der Waals surface area contributed by atoms with E-state index in [-0.39, 0.29) is 35.9 Å². The Morgan fingerprint density at radius 3 is 2.64 bits per heavy atom. The van der Waals surface area contributed by atoms with E-state index < -0.39 is 30.7 Å². The molecule has 2 amide bonds. The number of alkyl halides is 2. The Kier molecular flexibility index (Phi) is 5.43. The Morgan fingerprint density at radius 1 is 1.11 bits per heavy atom. The summed E-state index contributed by atoms with van der Waals surface area (Å²) in [5.41, 5.74) is 0.159. The molecule has 0 unspecified atom stereocenters. The van der Waals surface area contributed by atoms with Crippen LogP contribution in [0.2, 0.25) is 0 Å². The average Bonchev–Trinajstić information content (AvgIpc) is 3.26. The van der Waals surface area contributed by atoms with Crippen molar-refractivity contribution < 1.29 is 41.8 Å². The van der Waals surface area contributed by atoms with Gasteiger partial charge in [0.25, 0.3) is 11.8 Å². The summed E-state index contributed by atoms with van der Waals surface area (Å²) in [6, 6.07) is 6.70. The van der Waals surface area contributed by atoms with Crippen molar-refractivity contribution in [2.24, 2.45) is 0 Å². The van der Waals surface area contributed by atoms with Crippen LogP contribution in [0.1, 0.15) is 17.0 Å². The minimum absolute atomic E-state index is 0.00361. The summed E-state index contributed by atoms with van der Waals surface area (Å²) in [5, 5.41) is 4.82. The molecular weight excluding hydrogens is 382 g/mol. The van der Waals surface area contributed by atoms with Gasteiger partial charge in [0.1, 0.15) is 0 Å². The summed E-state index contributed by atoms with van der Waals surface area (Å²) in [4.78, 5) is 35.0. The molecule has 0 bridgehead atoms. The molecule has 1 aromatic carbocycles. The fourth-order valence-electron chi connectivity index (χ4n) is 2.22. The van der Waals surface area contributed by atoms with Crippen LogP contribution in [0.3, 0.4) is 0 Å². The summed E-state index contributed by atoms with van der Waals surface area (Å²) in [6.45, 7) is -0.591. The van der Waals surface area contributed by atoms with Crippen molar-refractivity contribution >= 4 is 23.5 Å². The zero-order valence-corrected chi connectivity index (χ0v) is 14.2. The average molecular weight is 396 g/mol. The van der Waals surface area contributed by atoms with Gasteiger partial charge in [-0.25, -0.2) is 0 Å². The number of anilines is 1. The van der Waals surface area contributed by atoms with Gasteiger partial charge in [-0.3, -0.25) is 14.4 Å². The fraction of sp³-hybridized carbons (Fsp3) is 0.235. The largest absolute Gasteiger partial charge is 0.586 e. The predicted molar refractivity (Wildman–Crippen MR) is 87.9 cm³/mol. The summed E-state index contributed by atoms with van der Waals surface area (Å²) >= 11 is 0. The number of nitrogens with one attached hydrogen (secondary N) is 2. The SMILES string of the molecule is O=C(COC(=O)CCNC(=O)c1ccco1)Nc1ccc2c(c1)OC(F)(F)O2. The number of ether oxygens (including phenoxy) is 3. The summed E-state index contributed by atoms with van der Waals surface area (Å²) < 4.78 is 44.1. The van der Waals surface area contributed by atoms with Crippen molar-refractivity contribution in [2.45, 2.75) is 12.7 Å². The van der Waals surface area contributed by atoms with E-state index in [2.05, 4.69) is 20.1 Å². The van der Waals surface area contributed by atoms with Crippen molar-refractivity contribution in [3.8, 4) is 11.5 Å². The van der Waals surface area contributed by atoms with Crippen LogP contribution in [0.15, 0.2) is 41.0 Å². The first kappa shape index (κ1) is 19.1. The second-order valence-electron chi connectivity index (χ2n) is 5.52. The van der Waals surface area contributed by atoms with Gasteiger partial charge < -0.3 is 29.3 Å². The van der Waals surface area contributed by atoms with E-state index in [4.69, 9.17) is 9.15 Å². The number of furan rings is 1. The van der Waals surface area contributed by atoms with E-state index in [1.54, 1.807) is 6.07 Å². The Hall–Kier alpha value is -3.63. The van der Waals surface area contributed by atoms with Gasteiger partial charge in [0.15, 0.2) is 23.9 Å². The van der Waals surface area contributed by atoms with Gasteiger partial charge in [-0.2, -0.15) is 0 Å². The van der Waals surface area contributed by atoms with E-state index >= 15 is 0 Å². The third-order valence-corrected chi connectivity index (χ3v) is 3.41. The van der Waals surface area contributed by atoms with Crippen LogP contribution in [-0.4, -0.2) is 37.2 Å². The van der Waals surface area contributed by atoms with Crippen LogP contribution in [0.5, 0.6) is 11.5 Å². The molecule has 0 spiro atoms. The van der Waals surface area contributed by atoms with Crippen LogP contribution in [0.25, 0.3) is 0 Å². The highest BCUT2D eigenvalue weighted by Crippen LogP contribution is 2.42. The molecule has 0 saturated heterocycles. The van der Waals surface area contributed by atoms with Crippen molar-refractivity contribution in [1.82, 2.24) is 5.32 Å². The summed E-state index contributed by atoms with van der Waals surface area (Å²) in [5.74, 6) is -2.16. The molecule has 3 rings (SSSR count). The number of amides is 2. The lowest BCUT2D eigenvalue weighted by atomic mass is 10.3. The van der Waals surface area contributed by atoms with E-state index in [0.29, 0.717) is 0 Å². The molecule has 11 heteroatoms. The summed E-state index contributed by atoms with van der Waals surface area (Å²) in [7, 11) is 0. The monoisotopic (exact) mass is 396 g/mol. The number of esters is 1. The van der Waals surface area contributed by atoms with Gasteiger partial charge in [-0.05, 0) is 24.3 Å². The highest BCUT2D eigenvalue weighted by Gasteiger charge is 2.43. The minimum atomic E-state index is -3.76. The van der Waals surface area contributed by atoms with Crippen LogP contribution >= 0.6 is 0 Å². The molecule has 0 aliphatic carbocycles. The van der Waals surface area contributed by atoms with E-state index in [1.807, 2.05) is 0 Å². The molecule has 1 aliphatic heterocycles. The number of benzene rings is 1. The smallest absolute Gasteiger partial charge is 0.459 e. The molecule has 2 heterocycles. The van der Waals surface area contributed by atoms with Crippen LogP contribution in [-0.2, 0) is 14.3 Å². The lowest BCUT2D eigenvalue weighted by Gasteiger charge is -2.07. The van der Waals surface area contributed by atoms with Gasteiger partial charge in [-0.15, -0.1) is 8.78 Å². The first-order valence-corrected chi connectivity index (χ1v) is 7.99. The highest BCUT2D eigenvalue weighted by molar-refractivity contribution is 5.93. The second kappa shape index (κ2) is 7.94. The van der Waals surface area contributed by atoms with E-state index in [1.165, 1.54) is 24.5 Å². The van der Waals surface area contributed by atoms with Crippen LogP contribution < -0.4 is 20.1 Å². The zero-order valence-electron chi connectivity index (χ0n) is 14.2. The molecule has 0 radical (unpaired) electrons. The maximum atomic E-state index is 13.0. The number of carbonyl (C=O) groups excluding carboxylic acids is 3. The van der Waals surface area contributed by atoms with Gasteiger partial charge in [-0.1, -0.05) is 0 Å². The Labute approximate surface area is 156 Å². The minimum Gasteiger partial charge on any atom is -0.459 e. The molecule has 0 fully saturated rings. The standard InChI is InChI=1S/C17H14F2N2O7/c18-17(19)27-11-4-3-10(8-13(11)28-17)21-14(22)9-26-15(23)5-6-20-16(24)12-2-1-7-25-12/h1-4,7-8H,5-6,9H2,(H,20,24)(H,21,22). The van der Waals surface area contributed by atoms with Gasteiger partial charge in [0.05, 0.1) is 12.7 Å². The molecule has 1 aromatic heterocycles. The van der Waals surface area contributed by atoms with E-state index in [0.717, 1.165) is 6.07 Å². The fourth-order valence-corrected chi connectivity index (χ4v) is 2.22. The number of fused-ring (bicyclic) bond motifs is 1. The maximum Gasteiger partial charge on any atom is 0.586 e. The topological polar surface area (TPSA) is 116 Å². The van der Waals surface area contributed by atoms with Gasteiger partial charge in [0.2, 0.25) is 0 Å². The number of hydrogen-bond donors (Lipinski definition) is 2. The Bertz CT molecular complexity index is 884. The number of halogens is 2. The molecule has 1 aliphatic rings. The Morgan fingerprint density at radius 2 is 1.89 bits per heavy atom.